The summed E-state index contributed by atoms with van der Waals surface area (Å²) in [7, 11) is -3.58. The van der Waals surface area contributed by atoms with Crippen LogP contribution in [0.3, 0.4) is 0 Å². The van der Waals surface area contributed by atoms with Gasteiger partial charge in [-0.1, -0.05) is 38.1 Å². The Morgan fingerprint density at radius 1 is 1.04 bits per heavy atom. The fourth-order valence-corrected chi connectivity index (χ4v) is 4.10. The van der Waals surface area contributed by atoms with E-state index in [9.17, 15) is 13.2 Å². The lowest BCUT2D eigenvalue weighted by molar-refractivity contribution is 0.0951. The molecule has 1 N–H and O–H groups in total. The van der Waals surface area contributed by atoms with Crippen molar-refractivity contribution in [3.63, 3.8) is 0 Å². The molecule has 0 aliphatic heterocycles. The van der Waals surface area contributed by atoms with Crippen LogP contribution in [0.2, 0.25) is 0 Å². The Labute approximate surface area is 161 Å². The minimum absolute atomic E-state index is 0.131. The summed E-state index contributed by atoms with van der Waals surface area (Å²) in [5, 5.41) is 2.79. The highest BCUT2D eigenvalue weighted by molar-refractivity contribution is 7.89. The molecule has 0 atom stereocenters. The van der Waals surface area contributed by atoms with Crippen LogP contribution in [0.4, 0.5) is 0 Å². The van der Waals surface area contributed by atoms with Crippen LogP contribution in [-0.2, 0) is 10.0 Å². The molecule has 0 aliphatic carbocycles. The number of nitrogens with zero attached hydrogens (tertiary/aromatic N) is 1. The third kappa shape index (κ3) is 5.80. The van der Waals surface area contributed by atoms with Crippen molar-refractivity contribution in [3.05, 3.63) is 60.2 Å². The minimum Gasteiger partial charge on any atom is -0.494 e. The van der Waals surface area contributed by atoms with Crippen molar-refractivity contribution in [2.75, 3.05) is 26.2 Å². The van der Waals surface area contributed by atoms with E-state index in [1.165, 1.54) is 16.4 Å². The Bertz CT molecular complexity index is 834. The lowest BCUT2D eigenvalue weighted by Gasteiger charge is -2.18. The highest BCUT2D eigenvalue weighted by Crippen LogP contribution is 2.17. The molecule has 27 heavy (non-hydrogen) atoms. The topological polar surface area (TPSA) is 75.7 Å². The summed E-state index contributed by atoms with van der Waals surface area (Å²) in [6.45, 7) is 5.27. The molecule has 2 rings (SSSR count). The van der Waals surface area contributed by atoms with Gasteiger partial charge in [-0.3, -0.25) is 4.79 Å². The molecule has 0 saturated heterocycles. The van der Waals surface area contributed by atoms with E-state index in [1.807, 2.05) is 30.3 Å². The number of benzene rings is 2. The molecule has 0 bridgehead atoms. The first-order chi connectivity index (χ1) is 13.0. The molecule has 0 unspecified atom stereocenters. The maximum atomic E-state index is 12.6. The first kappa shape index (κ1) is 20.9. The highest BCUT2D eigenvalue weighted by Gasteiger charge is 2.22. The predicted octanol–water partition coefficient (Wildman–Crippen LogP) is 2.92. The molecule has 0 aliphatic rings. The van der Waals surface area contributed by atoms with Gasteiger partial charge in [0.2, 0.25) is 10.0 Å². The zero-order chi connectivity index (χ0) is 19.7. The summed E-state index contributed by atoms with van der Waals surface area (Å²) in [5.74, 6) is 0.490. The zero-order valence-electron chi connectivity index (χ0n) is 15.7. The van der Waals surface area contributed by atoms with Crippen LogP contribution in [0.25, 0.3) is 0 Å². The van der Waals surface area contributed by atoms with Gasteiger partial charge < -0.3 is 10.1 Å². The number of para-hydroxylation sites is 1. The van der Waals surface area contributed by atoms with Crippen LogP contribution in [0.5, 0.6) is 5.75 Å². The molecule has 0 saturated carbocycles. The lowest BCUT2D eigenvalue weighted by atomic mass is 10.2. The monoisotopic (exact) mass is 390 g/mol. The summed E-state index contributed by atoms with van der Waals surface area (Å²) in [6.07, 6.45) is 0.651. The second kappa shape index (κ2) is 10.1. The molecule has 2 aromatic rings. The summed E-state index contributed by atoms with van der Waals surface area (Å²) in [4.78, 5) is 12.4. The molecular weight excluding hydrogens is 364 g/mol. The molecule has 0 fully saturated rings. The van der Waals surface area contributed by atoms with Gasteiger partial charge in [-0.05, 0) is 36.8 Å². The number of carbonyl (C=O) groups is 1. The molecule has 7 heteroatoms. The smallest absolute Gasteiger partial charge is 0.251 e. The van der Waals surface area contributed by atoms with Gasteiger partial charge in [0.25, 0.3) is 5.91 Å². The first-order valence-corrected chi connectivity index (χ1v) is 10.5. The van der Waals surface area contributed by atoms with E-state index in [1.54, 1.807) is 26.0 Å². The van der Waals surface area contributed by atoms with Crippen LogP contribution < -0.4 is 10.1 Å². The Morgan fingerprint density at radius 2 is 1.74 bits per heavy atom. The quantitative estimate of drug-likeness (QED) is 0.633. The van der Waals surface area contributed by atoms with Gasteiger partial charge in [0.1, 0.15) is 5.75 Å². The molecule has 0 spiro atoms. The molecule has 2 aromatic carbocycles. The molecular formula is C20H26N2O4S. The number of hydrogen-bond donors (Lipinski definition) is 1. The fraction of sp³-hybridized carbons (Fsp3) is 0.350. The zero-order valence-corrected chi connectivity index (χ0v) is 16.5. The maximum Gasteiger partial charge on any atom is 0.251 e. The number of sulfonamides is 1. The van der Waals surface area contributed by atoms with Gasteiger partial charge in [0, 0.05) is 25.2 Å². The van der Waals surface area contributed by atoms with Gasteiger partial charge in [0.15, 0.2) is 0 Å². The number of rotatable bonds is 10. The van der Waals surface area contributed by atoms with Gasteiger partial charge in [0.05, 0.1) is 11.5 Å². The van der Waals surface area contributed by atoms with E-state index in [4.69, 9.17) is 4.74 Å². The van der Waals surface area contributed by atoms with E-state index in [2.05, 4.69) is 5.32 Å². The SMILES string of the molecule is CCN(CC)S(=O)(=O)c1cccc(C(=O)NCCCOc2ccccc2)c1. The molecule has 0 radical (unpaired) electrons. The van der Waals surface area contributed by atoms with Gasteiger partial charge in [-0.25, -0.2) is 8.42 Å². The Balaban J connectivity index is 1.89. The van der Waals surface area contributed by atoms with Crippen molar-refractivity contribution < 1.29 is 17.9 Å². The van der Waals surface area contributed by atoms with E-state index >= 15 is 0 Å². The molecule has 1 amide bonds. The first-order valence-electron chi connectivity index (χ1n) is 9.05. The number of carbonyl (C=O) groups excluding carboxylic acids is 1. The Hall–Kier alpha value is -2.38. The van der Waals surface area contributed by atoms with Crippen molar-refractivity contribution in [1.29, 1.82) is 0 Å². The number of nitrogens with one attached hydrogen (secondary N) is 1. The third-order valence-electron chi connectivity index (χ3n) is 4.06. The number of hydrogen-bond acceptors (Lipinski definition) is 4. The Kier molecular flexibility index (Phi) is 7.82. The third-order valence-corrected chi connectivity index (χ3v) is 6.10. The minimum atomic E-state index is -3.58. The van der Waals surface area contributed by atoms with Crippen LogP contribution in [-0.4, -0.2) is 44.9 Å². The van der Waals surface area contributed by atoms with E-state index < -0.39 is 10.0 Å². The predicted molar refractivity (Wildman–Crippen MR) is 105 cm³/mol. The second-order valence-electron chi connectivity index (χ2n) is 5.89. The summed E-state index contributed by atoms with van der Waals surface area (Å²) in [6, 6.07) is 15.6. The van der Waals surface area contributed by atoms with Crippen LogP contribution in [0.1, 0.15) is 30.6 Å². The lowest BCUT2D eigenvalue weighted by Crippen LogP contribution is -2.31. The standard InChI is InChI=1S/C20H26N2O4S/c1-3-22(4-2)27(24,25)19-13-8-10-17(16-19)20(23)21-14-9-15-26-18-11-6-5-7-12-18/h5-8,10-13,16H,3-4,9,14-15H2,1-2H3,(H,21,23). The van der Waals surface area contributed by atoms with Crippen molar-refractivity contribution in [2.45, 2.75) is 25.2 Å². The highest BCUT2D eigenvalue weighted by atomic mass is 32.2. The van der Waals surface area contributed by atoms with Gasteiger partial charge in [-0.15, -0.1) is 0 Å². The molecule has 0 heterocycles. The summed E-state index contributed by atoms with van der Waals surface area (Å²) in [5.41, 5.74) is 0.326. The molecule has 6 nitrogen and oxygen atoms in total. The van der Waals surface area contributed by atoms with E-state index in [0.717, 1.165) is 5.75 Å². The van der Waals surface area contributed by atoms with Crippen molar-refractivity contribution in [1.82, 2.24) is 9.62 Å². The van der Waals surface area contributed by atoms with E-state index in [0.29, 0.717) is 38.2 Å². The maximum absolute atomic E-state index is 12.6. The summed E-state index contributed by atoms with van der Waals surface area (Å²) >= 11 is 0. The number of amides is 1. The average Bonchev–Trinajstić information content (AvgIpc) is 2.69. The molecule has 146 valence electrons. The van der Waals surface area contributed by atoms with Crippen LogP contribution in [0.15, 0.2) is 59.5 Å². The van der Waals surface area contributed by atoms with Crippen molar-refractivity contribution in [3.8, 4) is 5.75 Å². The van der Waals surface area contributed by atoms with Crippen LogP contribution in [0, 0.1) is 0 Å². The van der Waals surface area contributed by atoms with Crippen molar-refractivity contribution >= 4 is 15.9 Å². The fourth-order valence-electron chi connectivity index (χ4n) is 2.59. The van der Waals surface area contributed by atoms with E-state index in [-0.39, 0.29) is 10.8 Å². The second-order valence-corrected chi connectivity index (χ2v) is 7.83. The average molecular weight is 391 g/mol. The van der Waals surface area contributed by atoms with Gasteiger partial charge in [-0.2, -0.15) is 4.31 Å². The van der Waals surface area contributed by atoms with Crippen molar-refractivity contribution in [2.24, 2.45) is 0 Å². The van der Waals surface area contributed by atoms with Gasteiger partial charge >= 0.3 is 0 Å². The largest absolute Gasteiger partial charge is 0.494 e. The Morgan fingerprint density at radius 3 is 2.41 bits per heavy atom. The molecule has 0 aromatic heterocycles. The number of ether oxygens (including phenoxy) is 1. The van der Waals surface area contributed by atoms with Crippen LogP contribution >= 0.6 is 0 Å². The summed E-state index contributed by atoms with van der Waals surface area (Å²) < 4.78 is 32.1. The normalized spacial score (nSPS) is 11.4.